The molecule has 18 heavy (non-hydrogen) atoms. The van der Waals surface area contributed by atoms with Gasteiger partial charge < -0.3 is 15.6 Å². The second-order valence-corrected chi connectivity index (χ2v) is 3.63. The summed E-state index contributed by atoms with van der Waals surface area (Å²) >= 11 is 0. The van der Waals surface area contributed by atoms with Crippen LogP contribution in [-0.4, -0.2) is 24.2 Å². The zero-order chi connectivity index (χ0) is 13.9. The standard InChI is InChI=1S/C11H12F3NO3/c1-18-9-4-2-3-7(11(12,13)14)6(9)5-8(15)10(16)17/h2-4,8H,5,15H2,1H3,(H,16,17). The normalized spacial score (nSPS) is 13.2. The predicted octanol–water partition coefficient (Wildman–Crippen LogP) is 1.67. The maximum Gasteiger partial charge on any atom is 0.416 e. The molecule has 1 atom stereocenters. The van der Waals surface area contributed by atoms with Crippen molar-refractivity contribution in [2.45, 2.75) is 18.6 Å². The maximum atomic E-state index is 12.8. The van der Waals surface area contributed by atoms with E-state index in [1.54, 1.807) is 0 Å². The van der Waals surface area contributed by atoms with Crippen LogP contribution >= 0.6 is 0 Å². The van der Waals surface area contributed by atoms with E-state index in [1.165, 1.54) is 19.2 Å². The van der Waals surface area contributed by atoms with Crippen LogP contribution in [0.25, 0.3) is 0 Å². The fourth-order valence-electron chi connectivity index (χ4n) is 1.54. The number of rotatable bonds is 4. The molecule has 1 aromatic carbocycles. The summed E-state index contributed by atoms with van der Waals surface area (Å²) in [4.78, 5) is 10.6. The number of nitrogens with two attached hydrogens (primary N) is 1. The molecule has 0 amide bonds. The van der Waals surface area contributed by atoms with Crippen molar-refractivity contribution in [2.24, 2.45) is 5.73 Å². The minimum Gasteiger partial charge on any atom is -0.496 e. The van der Waals surface area contributed by atoms with Crippen LogP contribution in [0.2, 0.25) is 0 Å². The second-order valence-electron chi connectivity index (χ2n) is 3.63. The van der Waals surface area contributed by atoms with Crippen molar-refractivity contribution in [2.75, 3.05) is 7.11 Å². The molecule has 1 aromatic rings. The molecule has 1 unspecified atom stereocenters. The smallest absolute Gasteiger partial charge is 0.416 e. The Bertz CT molecular complexity index is 446. The zero-order valence-electron chi connectivity index (χ0n) is 9.49. The number of aliphatic carboxylic acids is 1. The lowest BCUT2D eigenvalue weighted by atomic mass is 9.99. The molecule has 0 aliphatic heterocycles. The Hall–Kier alpha value is -1.76. The Morgan fingerprint density at radius 1 is 1.50 bits per heavy atom. The van der Waals surface area contributed by atoms with Gasteiger partial charge >= 0.3 is 12.1 Å². The van der Waals surface area contributed by atoms with Gasteiger partial charge in [0.05, 0.1) is 12.7 Å². The summed E-state index contributed by atoms with van der Waals surface area (Å²) in [6, 6.07) is 1.98. The van der Waals surface area contributed by atoms with Crippen molar-refractivity contribution in [1.82, 2.24) is 0 Å². The number of carboxylic acid groups (broad SMARTS) is 1. The first-order chi connectivity index (χ1) is 8.27. The number of methoxy groups -OCH3 is 1. The fourth-order valence-corrected chi connectivity index (χ4v) is 1.54. The minimum atomic E-state index is -4.58. The SMILES string of the molecule is COc1cccc(C(F)(F)F)c1CC(N)C(=O)O. The summed E-state index contributed by atoms with van der Waals surface area (Å²) in [5.74, 6) is -1.39. The molecule has 0 aliphatic rings. The van der Waals surface area contributed by atoms with Crippen molar-refractivity contribution in [1.29, 1.82) is 0 Å². The molecule has 3 N–H and O–H groups in total. The van der Waals surface area contributed by atoms with E-state index in [2.05, 4.69) is 0 Å². The zero-order valence-corrected chi connectivity index (χ0v) is 9.49. The topological polar surface area (TPSA) is 72.5 Å². The van der Waals surface area contributed by atoms with E-state index in [0.29, 0.717) is 0 Å². The number of ether oxygens (including phenoxy) is 1. The van der Waals surface area contributed by atoms with Crippen LogP contribution in [0.5, 0.6) is 5.75 Å². The number of carbonyl (C=O) groups is 1. The second kappa shape index (κ2) is 5.26. The lowest BCUT2D eigenvalue weighted by molar-refractivity contribution is -0.141. The highest BCUT2D eigenvalue weighted by Gasteiger charge is 2.35. The van der Waals surface area contributed by atoms with Crippen LogP contribution in [0.3, 0.4) is 0 Å². The third-order valence-electron chi connectivity index (χ3n) is 2.40. The van der Waals surface area contributed by atoms with Crippen molar-refractivity contribution in [3.63, 3.8) is 0 Å². The lowest BCUT2D eigenvalue weighted by Gasteiger charge is -2.17. The monoisotopic (exact) mass is 263 g/mol. The number of benzene rings is 1. The van der Waals surface area contributed by atoms with Gasteiger partial charge in [-0.3, -0.25) is 4.79 Å². The van der Waals surface area contributed by atoms with Gasteiger partial charge in [0.25, 0.3) is 0 Å². The van der Waals surface area contributed by atoms with Gasteiger partial charge in [-0.1, -0.05) is 6.07 Å². The largest absolute Gasteiger partial charge is 0.496 e. The van der Waals surface area contributed by atoms with E-state index in [0.717, 1.165) is 6.07 Å². The lowest BCUT2D eigenvalue weighted by Crippen LogP contribution is -2.33. The van der Waals surface area contributed by atoms with E-state index in [-0.39, 0.29) is 11.3 Å². The van der Waals surface area contributed by atoms with Crippen LogP contribution in [0.15, 0.2) is 18.2 Å². The number of hydrogen-bond acceptors (Lipinski definition) is 3. The molecule has 100 valence electrons. The molecule has 0 fully saturated rings. The fraction of sp³-hybridized carbons (Fsp3) is 0.364. The first-order valence-corrected chi connectivity index (χ1v) is 4.98. The van der Waals surface area contributed by atoms with E-state index < -0.39 is 30.2 Å². The van der Waals surface area contributed by atoms with Gasteiger partial charge in [-0.05, 0) is 12.1 Å². The summed E-state index contributed by atoms with van der Waals surface area (Å²) in [6.45, 7) is 0. The molecular formula is C11H12F3NO3. The molecule has 0 saturated carbocycles. The van der Waals surface area contributed by atoms with Gasteiger partial charge in [-0.15, -0.1) is 0 Å². The molecule has 0 saturated heterocycles. The summed E-state index contributed by atoms with van der Waals surface area (Å²) in [5, 5.41) is 8.65. The van der Waals surface area contributed by atoms with Gasteiger partial charge in [0.2, 0.25) is 0 Å². The molecule has 0 aliphatic carbocycles. The minimum absolute atomic E-state index is 0.0264. The van der Waals surface area contributed by atoms with Gasteiger partial charge in [0.1, 0.15) is 11.8 Å². The van der Waals surface area contributed by atoms with Crippen molar-refractivity contribution < 1.29 is 27.8 Å². The van der Waals surface area contributed by atoms with Crippen molar-refractivity contribution in [3.05, 3.63) is 29.3 Å². The van der Waals surface area contributed by atoms with Crippen LogP contribution in [0, 0.1) is 0 Å². The molecule has 1 rings (SSSR count). The third kappa shape index (κ3) is 3.13. The summed E-state index contributed by atoms with van der Waals surface area (Å²) in [6.07, 6.45) is -5.03. The van der Waals surface area contributed by atoms with Gasteiger partial charge in [-0.2, -0.15) is 13.2 Å². The summed E-state index contributed by atoms with van der Waals surface area (Å²) in [5.41, 5.74) is 4.08. The number of halogens is 3. The maximum absolute atomic E-state index is 12.8. The Labute approximate surface area is 101 Å². The highest BCUT2D eigenvalue weighted by Crippen LogP contribution is 2.36. The molecule has 4 nitrogen and oxygen atoms in total. The first kappa shape index (κ1) is 14.3. The predicted molar refractivity (Wildman–Crippen MR) is 57.3 cm³/mol. The summed E-state index contributed by atoms with van der Waals surface area (Å²) < 4.78 is 43.1. The van der Waals surface area contributed by atoms with Crippen molar-refractivity contribution >= 4 is 5.97 Å². The molecule has 0 bridgehead atoms. The van der Waals surface area contributed by atoms with Crippen LogP contribution in [-0.2, 0) is 17.4 Å². The average Bonchev–Trinajstić information content (AvgIpc) is 2.27. The van der Waals surface area contributed by atoms with Gasteiger partial charge in [0, 0.05) is 12.0 Å². The third-order valence-corrected chi connectivity index (χ3v) is 2.40. The molecule has 7 heteroatoms. The van der Waals surface area contributed by atoms with Crippen LogP contribution < -0.4 is 10.5 Å². The van der Waals surface area contributed by atoms with Crippen LogP contribution in [0.4, 0.5) is 13.2 Å². The first-order valence-electron chi connectivity index (χ1n) is 4.98. The van der Waals surface area contributed by atoms with Crippen LogP contribution in [0.1, 0.15) is 11.1 Å². The Morgan fingerprint density at radius 2 is 2.11 bits per heavy atom. The van der Waals surface area contributed by atoms with Gasteiger partial charge in [-0.25, -0.2) is 0 Å². The molecule has 0 heterocycles. The highest BCUT2D eigenvalue weighted by molar-refractivity contribution is 5.73. The molecule has 0 aromatic heterocycles. The van der Waals surface area contributed by atoms with E-state index >= 15 is 0 Å². The summed E-state index contributed by atoms with van der Waals surface area (Å²) in [7, 11) is 1.21. The number of carboxylic acids is 1. The van der Waals surface area contributed by atoms with E-state index in [4.69, 9.17) is 15.6 Å². The highest BCUT2D eigenvalue weighted by atomic mass is 19.4. The van der Waals surface area contributed by atoms with Gasteiger partial charge in [0.15, 0.2) is 0 Å². The molecule has 0 spiro atoms. The van der Waals surface area contributed by atoms with E-state index in [9.17, 15) is 18.0 Å². The average molecular weight is 263 g/mol. The molecule has 0 radical (unpaired) electrons. The number of hydrogen-bond donors (Lipinski definition) is 2. The number of alkyl halides is 3. The Morgan fingerprint density at radius 3 is 2.56 bits per heavy atom. The Balaban J connectivity index is 3.24. The van der Waals surface area contributed by atoms with E-state index in [1.807, 2.05) is 0 Å². The van der Waals surface area contributed by atoms with Crippen molar-refractivity contribution in [3.8, 4) is 5.75 Å². The molecular weight excluding hydrogens is 251 g/mol. The quantitative estimate of drug-likeness (QED) is 0.866. The Kier molecular flexibility index (Phi) is 4.18.